The molecule has 0 radical (unpaired) electrons. The molecule has 0 spiro atoms. The first kappa shape index (κ1) is 20.3. The van der Waals surface area contributed by atoms with E-state index < -0.39 is 10.7 Å². The van der Waals surface area contributed by atoms with Crippen molar-refractivity contribution in [3.8, 4) is 5.75 Å². The minimum Gasteiger partial charge on any atom is -0.494 e. The van der Waals surface area contributed by atoms with E-state index in [0.29, 0.717) is 29.6 Å². The normalized spacial score (nSPS) is 10.4. The summed E-state index contributed by atoms with van der Waals surface area (Å²) in [7, 11) is 0. The molecule has 3 aromatic rings. The summed E-state index contributed by atoms with van der Waals surface area (Å²) >= 11 is 5.61. The molecular formula is C19H17ClFN5O3. The molecule has 0 unspecified atom stereocenters. The van der Waals surface area contributed by atoms with Gasteiger partial charge in [-0.15, -0.1) is 11.6 Å². The number of benzene rings is 2. The molecule has 0 fully saturated rings. The highest BCUT2D eigenvalue weighted by Gasteiger charge is 2.11. The lowest BCUT2D eigenvalue weighted by Crippen LogP contribution is -2.03. The molecule has 2 aromatic carbocycles. The van der Waals surface area contributed by atoms with Crippen molar-refractivity contribution >= 4 is 40.4 Å². The standard InChI is InChI=1S/C19H17ClFN5O3/c20-9-2-10-29-16-7-5-13(6-8-16)24-19-22-12-17(21)18(25-19)23-14-3-1-4-15(11-14)26(27)28/h1,3-8,11-12H,2,9-10H2,(H2,22,23,24,25). The molecule has 0 atom stereocenters. The lowest BCUT2D eigenvalue weighted by Gasteiger charge is -2.10. The number of hydrogen-bond donors (Lipinski definition) is 2. The third-order valence-electron chi connectivity index (χ3n) is 3.72. The SMILES string of the molecule is O=[N+]([O-])c1cccc(Nc2nc(Nc3ccc(OCCCCl)cc3)ncc2F)c1. The highest BCUT2D eigenvalue weighted by atomic mass is 35.5. The van der Waals surface area contributed by atoms with Crippen molar-refractivity contribution < 1.29 is 14.1 Å². The van der Waals surface area contributed by atoms with E-state index in [2.05, 4.69) is 20.6 Å². The Labute approximate surface area is 170 Å². The number of ether oxygens (including phenoxy) is 1. The molecule has 0 aliphatic heterocycles. The first-order valence-corrected chi connectivity index (χ1v) is 9.18. The second-order valence-corrected chi connectivity index (χ2v) is 6.24. The number of rotatable bonds is 9. The highest BCUT2D eigenvalue weighted by molar-refractivity contribution is 6.17. The number of hydrogen-bond acceptors (Lipinski definition) is 7. The van der Waals surface area contributed by atoms with E-state index in [9.17, 15) is 14.5 Å². The summed E-state index contributed by atoms with van der Waals surface area (Å²) in [4.78, 5) is 18.4. The Kier molecular flexibility index (Phi) is 6.75. The van der Waals surface area contributed by atoms with Crippen LogP contribution in [0.3, 0.4) is 0 Å². The minimum atomic E-state index is -0.690. The van der Waals surface area contributed by atoms with Gasteiger partial charge in [-0.2, -0.15) is 4.98 Å². The van der Waals surface area contributed by atoms with Crippen molar-refractivity contribution in [1.82, 2.24) is 9.97 Å². The van der Waals surface area contributed by atoms with E-state index >= 15 is 0 Å². The van der Waals surface area contributed by atoms with Crippen molar-refractivity contribution in [3.05, 3.63) is 70.7 Å². The quantitative estimate of drug-likeness (QED) is 0.218. The fourth-order valence-electron chi connectivity index (χ4n) is 2.36. The Hall–Kier alpha value is -3.46. The number of alkyl halides is 1. The molecule has 8 nitrogen and oxygen atoms in total. The number of nitro benzene ring substituents is 1. The first-order chi connectivity index (χ1) is 14.0. The first-order valence-electron chi connectivity index (χ1n) is 8.65. The van der Waals surface area contributed by atoms with E-state index in [4.69, 9.17) is 16.3 Å². The lowest BCUT2D eigenvalue weighted by atomic mass is 10.3. The highest BCUT2D eigenvalue weighted by Crippen LogP contribution is 2.24. The average molecular weight is 418 g/mol. The van der Waals surface area contributed by atoms with Gasteiger partial charge in [-0.05, 0) is 36.8 Å². The van der Waals surface area contributed by atoms with E-state index in [1.807, 2.05) is 0 Å². The molecule has 0 saturated carbocycles. The number of anilines is 4. The summed E-state index contributed by atoms with van der Waals surface area (Å²) in [6.07, 6.45) is 1.77. The van der Waals surface area contributed by atoms with Crippen LogP contribution in [-0.4, -0.2) is 27.4 Å². The van der Waals surface area contributed by atoms with Gasteiger partial charge in [0.05, 0.1) is 17.7 Å². The molecule has 0 aliphatic carbocycles. The number of nitrogens with zero attached hydrogens (tertiary/aromatic N) is 3. The molecule has 10 heteroatoms. The third kappa shape index (κ3) is 5.76. The van der Waals surface area contributed by atoms with E-state index in [1.165, 1.54) is 18.2 Å². The van der Waals surface area contributed by atoms with Gasteiger partial charge in [0.15, 0.2) is 11.6 Å². The van der Waals surface area contributed by atoms with Gasteiger partial charge in [-0.25, -0.2) is 9.37 Å². The summed E-state index contributed by atoms with van der Waals surface area (Å²) in [5.74, 6) is 0.604. The van der Waals surface area contributed by atoms with Gasteiger partial charge in [0.25, 0.3) is 5.69 Å². The molecule has 2 N–H and O–H groups in total. The predicted octanol–water partition coefficient (Wildman–Crippen LogP) is 5.02. The van der Waals surface area contributed by atoms with Crippen LogP contribution in [0.1, 0.15) is 6.42 Å². The maximum Gasteiger partial charge on any atom is 0.271 e. The van der Waals surface area contributed by atoms with Gasteiger partial charge in [0, 0.05) is 29.4 Å². The Morgan fingerprint density at radius 2 is 1.93 bits per heavy atom. The van der Waals surface area contributed by atoms with Crippen molar-refractivity contribution in [2.24, 2.45) is 0 Å². The van der Waals surface area contributed by atoms with Crippen LogP contribution < -0.4 is 15.4 Å². The van der Waals surface area contributed by atoms with Gasteiger partial charge in [-0.1, -0.05) is 6.07 Å². The zero-order valence-corrected chi connectivity index (χ0v) is 15.9. The molecule has 3 rings (SSSR count). The van der Waals surface area contributed by atoms with Gasteiger partial charge >= 0.3 is 0 Å². The van der Waals surface area contributed by atoms with Crippen LogP contribution in [0.2, 0.25) is 0 Å². The Bertz CT molecular complexity index is 988. The summed E-state index contributed by atoms with van der Waals surface area (Å²) < 4.78 is 19.6. The van der Waals surface area contributed by atoms with Crippen LogP contribution >= 0.6 is 11.6 Å². The molecule has 0 amide bonds. The largest absolute Gasteiger partial charge is 0.494 e. The second kappa shape index (κ2) is 9.65. The molecule has 0 bridgehead atoms. The van der Waals surface area contributed by atoms with Crippen LogP contribution in [0.15, 0.2) is 54.7 Å². The van der Waals surface area contributed by atoms with E-state index in [-0.39, 0.29) is 17.5 Å². The topological polar surface area (TPSA) is 102 Å². The van der Waals surface area contributed by atoms with Crippen LogP contribution in [-0.2, 0) is 0 Å². The predicted molar refractivity (Wildman–Crippen MR) is 109 cm³/mol. The molecule has 1 heterocycles. The second-order valence-electron chi connectivity index (χ2n) is 5.86. The van der Waals surface area contributed by atoms with Crippen molar-refractivity contribution in [2.75, 3.05) is 23.1 Å². The summed E-state index contributed by atoms with van der Waals surface area (Å²) in [5.41, 5.74) is 0.903. The zero-order valence-electron chi connectivity index (χ0n) is 15.1. The van der Waals surface area contributed by atoms with E-state index in [0.717, 1.165) is 12.6 Å². The molecular weight excluding hydrogens is 401 g/mol. The average Bonchev–Trinajstić information content (AvgIpc) is 2.72. The number of non-ortho nitro benzene ring substituents is 1. The summed E-state index contributed by atoms with van der Waals surface area (Å²) in [6, 6.07) is 12.8. The molecule has 150 valence electrons. The van der Waals surface area contributed by atoms with Gasteiger partial charge < -0.3 is 15.4 Å². The molecule has 0 saturated heterocycles. The van der Waals surface area contributed by atoms with Crippen LogP contribution in [0, 0.1) is 15.9 Å². The monoisotopic (exact) mass is 417 g/mol. The maximum atomic E-state index is 14.1. The summed E-state index contributed by atoms with van der Waals surface area (Å²) in [5, 5.41) is 16.6. The minimum absolute atomic E-state index is 0.107. The van der Waals surface area contributed by atoms with Crippen LogP contribution in [0.5, 0.6) is 5.75 Å². The maximum absolute atomic E-state index is 14.1. The summed E-state index contributed by atoms with van der Waals surface area (Å²) in [6.45, 7) is 0.532. The van der Waals surface area contributed by atoms with Crippen molar-refractivity contribution in [1.29, 1.82) is 0 Å². The Morgan fingerprint density at radius 1 is 1.14 bits per heavy atom. The van der Waals surface area contributed by atoms with Gasteiger partial charge in [-0.3, -0.25) is 10.1 Å². The fourth-order valence-corrected chi connectivity index (χ4v) is 2.47. The Balaban J connectivity index is 1.70. The lowest BCUT2D eigenvalue weighted by molar-refractivity contribution is -0.384. The third-order valence-corrected chi connectivity index (χ3v) is 3.99. The van der Waals surface area contributed by atoms with Crippen LogP contribution in [0.4, 0.5) is 33.2 Å². The zero-order chi connectivity index (χ0) is 20.6. The number of aromatic nitrogens is 2. The molecule has 0 aliphatic rings. The van der Waals surface area contributed by atoms with Crippen LogP contribution in [0.25, 0.3) is 0 Å². The number of nitro groups is 1. The fraction of sp³-hybridized carbons (Fsp3) is 0.158. The van der Waals surface area contributed by atoms with Gasteiger partial charge in [0.1, 0.15) is 5.75 Å². The van der Waals surface area contributed by atoms with Crippen molar-refractivity contribution in [3.63, 3.8) is 0 Å². The van der Waals surface area contributed by atoms with E-state index in [1.54, 1.807) is 30.3 Å². The number of nitrogens with one attached hydrogen (secondary N) is 2. The molecule has 1 aromatic heterocycles. The molecule has 29 heavy (non-hydrogen) atoms. The van der Waals surface area contributed by atoms with Crippen molar-refractivity contribution in [2.45, 2.75) is 6.42 Å². The van der Waals surface area contributed by atoms with Gasteiger partial charge in [0.2, 0.25) is 5.95 Å². The Morgan fingerprint density at radius 3 is 2.66 bits per heavy atom. The smallest absolute Gasteiger partial charge is 0.271 e. The number of halogens is 2.